The Kier molecular flexibility index (Phi) is 11.5. The molecule has 1 saturated carbocycles. The first-order chi connectivity index (χ1) is 13.4. The van der Waals surface area contributed by atoms with Gasteiger partial charge in [-0.3, -0.25) is 4.79 Å². The van der Waals surface area contributed by atoms with Gasteiger partial charge in [0.2, 0.25) is 0 Å². The van der Waals surface area contributed by atoms with Crippen LogP contribution in [0.4, 0.5) is 0 Å². The summed E-state index contributed by atoms with van der Waals surface area (Å²) in [4.78, 5) is 11.1. The Labute approximate surface area is 169 Å². The Bertz CT molecular complexity index is 527. The minimum absolute atomic E-state index is 0.0611. The zero-order chi connectivity index (χ0) is 21.0. The zero-order valence-electron chi connectivity index (χ0n) is 17.2. The highest BCUT2D eigenvalue weighted by molar-refractivity contribution is 5.79. The number of Topliss-reactive ketones (excluding diaryl/α,β-unsaturated/α-hetero) is 1. The summed E-state index contributed by atoms with van der Waals surface area (Å²) < 4.78 is 0. The van der Waals surface area contributed by atoms with Crippen molar-refractivity contribution in [1.82, 2.24) is 0 Å². The van der Waals surface area contributed by atoms with Gasteiger partial charge in [-0.05, 0) is 38.0 Å². The maximum Gasteiger partial charge on any atom is 0.158 e. The van der Waals surface area contributed by atoms with Gasteiger partial charge in [0.25, 0.3) is 0 Å². The first kappa shape index (κ1) is 24.8. The van der Waals surface area contributed by atoms with Crippen LogP contribution >= 0.6 is 0 Å². The number of carbonyl (C=O) groups excluding carboxylic acids is 1. The summed E-state index contributed by atoms with van der Waals surface area (Å²) in [5, 5.41) is 39.9. The first-order valence-corrected chi connectivity index (χ1v) is 10.5. The summed E-state index contributed by atoms with van der Waals surface area (Å²) in [5.74, 6) is -0.351. The highest BCUT2D eigenvalue weighted by atomic mass is 16.3. The van der Waals surface area contributed by atoms with Gasteiger partial charge in [0, 0.05) is 18.8 Å². The number of allylic oxidation sites excluding steroid dienone is 2. The molecule has 28 heavy (non-hydrogen) atoms. The van der Waals surface area contributed by atoms with Gasteiger partial charge in [-0.25, -0.2) is 0 Å². The number of rotatable bonds is 14. The standard InChI is InChI=1S/C23H38O5/c1-3-5-14-23(28,4-2)15-10-13-20-19(21(26)16-22(20)27)12-9-7-6-8-11-18(25)17-24/h4,7,9-10,13,19-22,24,26-28H,2-3,5-6,8,11-12,14-17H2,1H3/t19-,20-,21-,22-,23?/m1/s1. The second-order valence-corrected chi connectivity index (χ2v) is 7.95. The first-order valence-electron chi connectivity index (χ1n) is 10.5. The molecule has 0 aromatic heterocycles. The van der Waals surface area contributed by atoms with E-state index in [4.69, 9.17) is 5.11 Å². The van der Waals surface area contributed by atoms with Crippen molar-refractivity contribution in [2.75, 3.05) is 6.61 Å². The summed E-state index contributed by atoms with van der Waals surface area (Å²) in [7, 11) is 0. The van der Waals surface area contributed by atoms with Gasteiger partial charge in [0.15, 0.2) is 5.78 Å². The molecule has 0 aromatic rings. The maximum atomic E-state index is 11.1. The molecule has 160 valence electrons. The highest BCUT2D eigenvalue weighted by Crippen LogP contribution is 2.36. The second kappa shape index (κ2) is 13.0. The quantitative estimate of drug-likeness (QED) is 0.268. The van der Waals surface area contributed by atoms with E-state index in [0.717, 1.165) is 19.3 Å². The smallest absolute Gasteiger partial charge is 0.158 e. The average Bonchev–Trinajstić information content (AvgIpc) is 2.95. The predicted octanol–water partition coefficient (Wildman–Crippen LogP) is 3.08. The van der Waals surface area contributed by atoms with E-state index in [1.165, 1.54) is 0 Å². The van der Waals surface area contributed by atoms with E-state index >= 15 is 0 Å². The van der Waals surface area contributed by atoms with Crippen LogP contribution in [-0.4, -0.2) is 50.6 Å². The Morgan fingerprint density at radius 2 is 1.93 bits per heavy atom. The number of aliphatic hydroxyl groups excluding tert-OH is 3. The number of carbonyl (C=O) groups is 1. The van der Waals surface area contributed by atoms with Crippen LogP contribution in [0.25, 0.3) is 0 Å². The second-order valence-electron chi connectivity index (χ2n) is 7.95. The van der Waals surface area contributed by atoms with Gasteiger partial charge < -0.3 is 20.4 Å². The third kappa shape index (κ3) is 8.39. The molecule has 1 unspecified atom stereocenters. The van der Waals surface area contributed by atoms with Gasteiger partial charge in [0.05, 0.1) is 17.8 Å². The predicted molar refractivity (Wildman–Crippen MR) is 112 cm³/mol. The van der Waals surface area contributed by atoms with Crippen molar-refractivity contribution in [3.8, 4) is 0 Å². The molecule has 0 amide bonds. The number of ketones is 1. The van der Waals surface area contributed by atoms with E-state index in [1.54, 1.807) is 6.08 Å². The number of unbranched alkanes of at least 4 members (excludes halogenated alkanes) is 2. The number of hydrogen-bond acceptors (Lipinski definition) is 5. The monoisotopic (exact) mass is 394 g/mol. The van der Waals surface area contributed by atoms with Crippen LogP contribution in [0.3, 0.4) is 0 Å². The molecule has 1 aliphatic rings. The van der Waals surface area contributed by atoms with Gasteiger partial charge in [0.1, 0.15) is 6.61 Å². The lowest BCUT2D eigenvalue weighted by atomic mass is 9.88. The van der Waals surface area contributed by atoms with Crippen LogP contribution in [0.2, 0.25) is 0 Å². The summed E-state index contributed by atoms with van der Waals surface area (Å²) in [5.41, 5.74) is -0.921. The average molecular weight is 395 g/mol. The molecule has 0 aromatic carbocycles. The van der Waals surface area contributed by atoms with E-state index in [0.29, 0.717) is 38.5 Å². The summed E-state index contributed by atoms with van der Waals surface area (Å²) in [6.45, 7) is 5.42. The van der Waals surface area contributed by atoms with Crippen LogP contribution in [0.15, 0.2) is 37.0 Å². The number of hydrogen-bond donors (Lipinski definition) is 4. The zero-order valence-corrected chi connectivity index (χ0v) is 17.2. The van der Waals surface area contributed by atoms with Gasteiger partial charge in [-0.1, -0.05) is 50.1 Å². The van der Waals surface area contributed by atoms with Crippen molar-refractivity contribution in [3.63, 3.8) is 0 Å². The Balaban J connectivity index is 2.56. The van der Waals surface area contributed by atoms with Gasteiger partial charge >= 0.3 is 0 Å². The molecule has 1 aliphatic carbocycles. The minimum atomic E-state index is -0.921. The lowest BCUT2D eigenvalue weighted by Gasteiger charge is -2.23. The van der Waals surface area contributed by atoms with Crippen LogP contribution in [0, 0.1) is 11.8 Å². The highest BCUT2D eigenvalue weighted by Gasteiger charge is 2.39. The van der Waals surface area contributed by atoms with E-state index < -0.39 is 24.4 Å². The fourth-order valence-electron chi connectivity index (χ4n) is 3.77. The SMILES string of the molecule is C=CC(O)(CC=C[C@@H]1[C@@H](CC=CCCCC(=O)CO)[C@H](O)C[C@H]1O)CCCC. The minimum Gasteiger partial charge on any atom is -0.393 e. The molecule has 5 atom stereocenters. The lowest BCUT2D eigenvalue weighted by Crippen LogP contribution is -2.25. The molecule has 5 heteroatoms. The fourth-order valence-corrected chi connectivity index (χ4v) is 3.77. The van der Waals surface area contributed by atoms with Crippen LogP contribution in [0.1, 0.15) is 64.7 Å². The molecule has 1 fully saturated rings. The van der Waals surface area contributed by atoms with E-state index in [2.05, 4.69) is 13.5 Å². The van der Waals surface area contributed by atoms with Crippen LogP contribution < -0.4 is 0 Å². The molecule has 0 saturated heterocycles. The maximum absolute atomic E-state index is 11.1. The fraction of sp³-hybridized carbons (Fsp3) is 0.696. The molecule has 0 heterocycles. The molecule has 0 spiro atoms. The van der Waals surface area contributed by atoms with E-state index in [1.807, 2.05) is 24.3 Å². The topological polar surface area (TPSA) is 98.0 Å². The van der Waals surface area contributed by atoms with Crippen molar-refractivity contribution >= 4 is 5.78 Å². The van der Waals surface area contributed by atoms with Gasteiger partial charge in [-0.2, -0.15) is 0 Å². The lowest BCUT2D eigenvalue weighted by molar-refractivity contribution is -0.121. The third-order valence-electron chi connectivity index (χ3n) is 5.67. The Morgan fingerprint density at radius 3 is 2.57 bits per heavy atom. The third-order valence-corrected chi connectivity index (χ3v) is 5.67. The van der Waals surface area contributed by atoms with E-state index in [-0.39, 0.29) is 17.6 Å². The van der Waals surface area contributed by atoms with Crippen molar-refractivity contribution in [2.24, 2.45) is 11.8 Å². The van der Waals surface area contributed by atoms with E-state index in [9.17, 15) is 20.1 Å². The molecule has 5 nitrogen and oxygen atoms in total. The number of aliphatic hydroxyl groups is 4. The molecule has 4 N–H and O–H groups in total. The normalized spacial score (nSPS) is 27.5. The summed E-state index contributed by atoms with van der Waals surface area (Å²) in [6, 6.07) is 0. The van der Waals surface area contributed by atoms with Crippen LogP contribution in [0.5, 0.6) is 0 Å². The molecule has 0 bridgehead atoms. The molecular formula is C23H38O5. The van der Waals surface area contributed by atoms with Gasteiger partial charge in [-0.15, -0.1) is 6.58 Å². The molecule has 1 rings (SSSR count). The summed E-state index contributed by atoms with van der Waals surface area (Å²) in [6.07, 6.45) is 14.2. The molecule has 0 radical (unpaired) electrons. The summed E-state index contributed by atoms with van der Waals surface area (Å²) >= 11 is 0. The largest absolute Gasteiger partial charge is 0.393 e. The Hall–Kier alpha value is -1.27. The molecule has 0 aliphatic heterocycles. The molecular weight excluding hydrogens is 356 g/mol. The Morgan fingerprint density at radius 1 is 1.18 bits per heavy atom. The van der Waals surface area contributed by atoms with Crippen molar-refractivity contribution in [2.45, 2.75) is 82.5 Å². The van der Waals surface area contributed by atoms with Crippen LogP contribution in [-0.2, 0) is 4.79 Å². The van der Waals surface area contributed by atoms with Crippen molar-refractivity contribution in [1.29, 1.82) is 0 Å². The van der Waals surface area contributed by atoms with Crippen molar-refractivity contribution < 1.29 is 25.2 Å². The van der Waals surface area contributed by atoms with Crippen molar-refractivity contribution in [3.05, 3.63) is 37.0 Å².